The first-order chi connectivity index (χ1) is 8.93. The predicted octanol–water partition coefficient (Wildman–Crippen LogP) is 2.34. The van der Waals surface area contributed by atoms with Crippen molar-refractivity contribution in [1.82, 2.24) is 10.2 Å². The molecule has 2 nitrogen and oxygen atoms in total. The highest BCUT2D eigenvalue weighted by molar-refractivity contribution is 5.91. The van der Waals surface area contributed by atoms with Crippen molar-refractivity contribution in [1.29, 1.82) is 0 Å². The minimum absolute atomic E-state index is 0.605. The smallest absolute Gasteiger partial charge is 0.0395 e. The molecule has 18 heavy (non-hydrogen) atoms. The number of benzene rings is 2. The van der Waals surface area contributed by atoms with Gasteiger partial charge in [-0.05, 0) is 28.3 Å². The van der Waals surface area contributed by atoms with E-state index in [0.717, 1.165) is 13.1 Å². The van der Waals surface area contributed by atoms with Gasteiger partial charge in [-0.3, -0.25) is 4.90 Å². The summed E-state index contributed by atoms with van der Waals surface area (Å²) in [7, 11) is 0. The second-order valence-corrected chi connectivity index (χ2v) is 5.37. The maximum absolute atomic E-state index is 3.44. The molecule has 1 N–H and O–H groups in total. The quantitative estimate of drug-likeness (QED) is 0.820. The molecule has 1 heterocycles. The fraction of sp³-hybridized carbons (Fsp3) is 0.375. The van der Waals surface area contributed by atoms with Crippen molar-refractivity contribution in [2.24, 2.45) is 0 Å². The van der Waals surface area contributed by atoms with E-state index < -0.39 is 0 Å². The summed E-state index contributed by atoms with van der Waals surface area (Å²) in [5.41, 5.74) is 3.08. The fourth-order valence-corrected chi connectivity index (χ4v) is 3.54. The number of nitrogens with one attached hydrogen (secondary N) is 1. The van der Waals surface area contributed by atoms with Crippen molar-refractivity contribution < 1.29 is 0 Å². The van der Waals surface area contributed by atoms with Gasteiger partial charge in [0.1, 0.15) is 0 Å². The molecule has 92 valence electrons. The maximum Gasteiger partial charge on any atom is 0.0395 e. The molecule has 0 radical (unpaired) electrons. The highest BCUT2D eigenvalue weighted by Crippen LogP contribution is 2.39. The molecule has 4 rings (SSSR count). The van der Waals surface area contributed by atoms with Gasteiger partial charge in [-0.2, -0.15) is 0 Å². The minimum Gasteiger partial charge on any atom is -0.314 e. The lowest BCUT2D eigenvalue weighted by Gasteiger charge is -2.33. The maximum atomic E-state index is 3.44. The van der Waals surface area contributed by atoms with Crippen LogP contribution in [0, 0.1) is 0 Å². The van der Waals surface area contributed by atoms with Crippen molar-refractivity contribution in [3.8, 4) is 0 Å². The van der Waals surface area contributed by atoms with Gasteiger partial charge in [0.15, 0.2) is 0 Å². The van der Waals surface area contributed by atoms with Gasteiger partial charge in [-0.25, -0.2) is 0 Å². The van der Waals surface area contributed by atoms with Crippen molar-refractivity contribution in [2.45, 2.75) is 12.5 Å². The lowest BCUT2D eigenvalue weighted by Crippen LogP contribution is -2.45. The lowest BCUT2D eigenvalue weighted by molar-refractivity contribution is 0.177. The third-order valence-electron chi connectivity index (χ3n) is 4.39. The Labute approximate surface area is 108 Å². The van der Waals surface area contributed by atoms with E-state index in [1.165, 1.54) is 35.8 Å². The van der Waals surface area contributed by atoms with Crippen LogP contribution in [-0.2, 0) is 6.42 Å². The van der Waals surface area contributed by atoms with E-state index >= 15 is 0 Å². The molecule has 0 amide bonds. The lowest BCUT2D eigenvalue weighted by atomic mass is 10.0. The average Bonchev–Trinajstić information content (AvgIpc) is 2.82. The summed E-state index contributed by atoms with van der Waals surface area (Å²) in [6.45, 7) is 4.61. The van der Waals surface area contributed by atoms with E-state index in [-0.39, 0.29) is 0 Å². The van der Waals surface area contributed by atoms with Crippen LogP contribution in [0.15, 0.2) is 36.4 Å². The van der Waals surface area contributed by atoms with E-state index in [9.17, 15) is 0 Å². The first-order valence-electron chi connectivity index (χ1n) is 6.89. The molecule has 0 bridgehead atoms. The summed E-state index contributed by atoms with van der Waals surface area (Å²) in [5, 5.41) is 6.36. The SMILES string of the molecule is c1cc2c3c(cccc3c1)C(N1CCNCC1)C2. The Hall–Kier alpha value is -1.38. The van der Waals surface area contributed by atoms with Crippen LogP contribution in [0.1, 0.15) is 17.2 Å². The van der Waals surface area contributed by atoms with Crippen LogP contribution in [0.3, 0.4) is 0 Å². The van der Waals surface area contributed by atoms with Gasteiger partial charge in [-0.1, -0.05) is 36.4 Å². The monoisotopic (exact) mass is 238 g/mol. The first-order valence-corrected chi connectivity index (χ1v) is 6.89. The van der Waals surface area contributed by atoms with Crippen molar-refractivity contribution in [2.75, 3.05) is 26.2 Å². The highest BCUT2D eigenvalue weighted by Gasteiger charge is 2.29. The summed E-state index contributed by atoms with van der Waals surface area (Å²) in [4.78, 5) is 2.64. The molecule has 1 saturated heterocycles. The molecule has 2 aromatic carbocycles. The molecule has 2 aromatic rings. The Kier molecular flexibility index (Phi) is 2.39. The first kappa shape index (κ1) is 10.5. The van der Waals surface area contributed by atoms with Crippen molar-refractivity contribution in [3.05, 3.63) is 47.5 Å². The summed E-state index contributed by atoms with van der Waals surface area (Å²) < 4.78 is 0. The van der Waals surface area contributed by atoms with E-state index in [1.54, 1.807) is 5.56 Å². The molecule has 1 fully saturated rings. The molecule has 0 saturated carbocycles. The molecule has 1 aliphatic heterocycles. The fourth-order valence-electron chi connectivity index (χ4n) is 3.54. The standard InChI is InChI=1S/C16H18N2/c1-3-12-4-2-6-14-15(11-13(5-1)16(12)14)18-9-7-17-8-10-18/h1-6,15,17H,7-11H2. The molecular weight excluding hydrogens is 220 g/mol. The van der Waals surface area contributed by atoms with Crippen LogP contribution in [0.2, 0.25) is 0 Å². The van der Waals surface area contributed by atoms with Gasteiger partial charge in [0.25, 0.3) is 0 Å². The number of hydrogen-bond acceptors (Lipinski definition) is 2. The van der Waals surface area contributed by atoms with E-state index in [0.29, 0.717) is 6.04 Å². The largest absolute Gasteiger partial charge is 0.314 e. The Morgan fingerprint density at radius 1 is 1.00 bits per heavy atom. The third kappa shape index (κ3) is 1.49. The van der Waals surface area contributed by atoms with Crippen LogP contribution < -0.4 is 5.32 Å². The van der Waals surface area contributed by atoms with Crippen LogP contribution in [0.5, 0.6) is 0 Å². The minimum atomic E-state index is 0.605. The van der Waals surface area contributed by atoms with Gasteiger partial charge in [0.05, 0.1) is 0 Å². The van der Waals surface area contributed by atoms with Gasteiger partial charge in [0.2, 0.25) is 0 Å². The topological polar surface area (TPSA) is 15.3 Å². The van der Waals surface area contributed by atoms with E-state index in [1.807, 2.05) is 0 Å². The molecular formula is C16H18N2. The number of piperazine rings is 1. The summed E-state index contributed by atoms with van der Waals surface area (Å²) in [6, 6.07) is 14.1. The molecule has 0 spiro atoms. The molecule has 0 aromatic heterocycles. The highest BCUT2D eigenvalue weighted by atomic mass is 15.2. The van der Waals surface area contributed by atoms with Crippen LogP contribution >= 0.6 is 0 Å². The molecule has 2 heteroatoms. The Morgan fingerprint density at radius 3 is 2.61 bits per heavy atom. The molecule has 1 atom stereocenters. The zero-order valence-corrected chi connectivity index (χ0v) is 10.5. The zero-order chi connectivity index (χ0) is 11.9. The second kappa shape index (κ2) is 4.08. The van der Waals surface area contributed by atoms with Gasteiger partial charge in [-0.15, -0.1) is 0 Å². The number of rotatable bonds is 1. The molecule has 1 aliphatic carbocycles. The van der Waals surface area contributed by atoms with Gasteiger partial charge < -0.3 is 5.32 Å². The third-order valence-corrected chi connectivity index (χ3v) is 4.39. The van der Waals surface area contributed by atoms with Crippen molar-refractivity contribution in [3.63, 3.8) is 0 Å². The number of nitrogens with zero attached hydrogens (tertiary/aromatic N) is 1. The Morgan fingerprint density at radius 2 is 1.78 bits per heavy atom. The van der Waals surface area contributed by atoms with E-state index in [4.69, 9.17) is 0 Å². The Balaban J connectivity index is 1.80. The zero-order valence-electron chi connectivity index (χ0n) is 10.5. The van der Waals surface area contributed by atoms with Crippen molar-refractivity contribution >= 4 is 10.8 Å². The van der Waals surface area contributed by atoms with Gasteiger partial charge in [0, 0.05) is 32.2 Å². The Bertz CT molecular complexity index is 579. The summed E-state index contributed by atoms with van der Waals surface area (Å²) in [6.07, 6.45) is 1.19. The van der Waals surface area contributed by atoms with Crippen LogP contribution in [0.25, 0.3) is 10.8 Å². The molecule has 1 unspecified atom stereocenters. The van der Waals surface area contributed by atoms with Crippen LogP contribution in [-0.4, -0.2) is 31.1 Å². The predicted molar refractivity (Wildman–Crippen MR) is 74.8 cm³/mol. The number of hydrogen-bond donors (Lipinski definition) is 1. The van der Waals surface area contributed by atoms with Gasteiger partial charge >= 0.3 is 0 Å². The normalized spacial score (nSPS) is 23.7. The van der Waals surface area contributed by atoms with Crippen LogP contribution in [0.4, 0.5) is 0 Å². The summed E-state index contributed by atoms with van der Waals surface area (Å²) in [5.74, 6) is 0. The molecule has 2 aliphatic rings. The second-order valence-electron chi connectivity index (χ2n) is 5.37. The summed E-state index contributed by atoms with van der Waals surface area (Å²) >= 11 is 0. The average molecular weight is 238 g/mol. The van der Waals surface area contributed by atoms with E-state index in [2.05, 4.69) is 46.6 Å².